The number of urea groups is 1. The maximum atomic E-state index is 12.5. The highest BCUT2D eigenvalue weighted by atomic mass is 32.1. The van der Waals surface area contributed by atoms with E-state index in [1.807, 2.05) is 31.1 Å². The Hall–Kier alpha value is -3.77. The fourth-order valence-electron chi connectivity index (χ4n) is 3.46. The molecule has 4 amide bonds. The van der Waals surface area contributed by atoms with Crippen LogP contribution in [0.15, 0.2) is 30.1 Å². The van der Waals surface area contributed by atoms with Crippen molar-refractivity contribution < 1.29 is 14.4 Å². The van der Waals surface area contributed by atoms with Crippen LogP contribution in [0.5, 0.6) is 0 Å². The summed E-state index contributed by atoms with van der Waals surface area (Å²) in [5.41, 5.74) is 1.95. The van der Waals surface area contributed by atoms with Crippen molar-refractivity contribution in [1.82, 2.24) is 35.4 Å². The first-order valence-corrected chi connectivity index (χ1v) is 11.7. The average molecular weight is 481 g/mol. The Balaban J connectivity index is 1.48. The quantitative estimate of drug-likeness (QED) is 0.284. The van der Waals surface area contributed by atoms with Crippen molar-refractivity contribution in [2.24, 2.45) is 0 Å². The van der Waals surface area contributed by atoms with Crippen molar-refractivity contribution >= 4 is 46.7 Å². The first-order chi connectivity index (χ1) is 16.4. The Kier molecular flexibility index (Phi) is 5.75. The monoisotopic (exact) mass is 480 g/mol. The number of nitrogens with one attached hydrogen (secondary N) is 4. The summed E-state index contributed by atoms with van der Waals surface area (Å²) < 4.78 is 1.69. The van der Waals surface area contributed by atoms with Gasteiger partial charge in [-0.1, -0.05) is 0 Å². The number of rotatable bonds is 8. The average Bonchev–Trinajstić information content (AvgIpc) is 3.18. The molecule has 11 nitrogen and oxygen atoms in total. The molecule has 1 saturated carbocycles. The van der Waals surface area contributed by atoms with Crippen molar-refractivity contribution in [1.29, 1.82) is 0 Å². The summed E-state index contributed by atoms with van der Waals surface area (Å²) in [7, 11) is 3.91. The van der Waals surface area contributed by atoms with Gasteiger partial charge in [-0.15, -0.1) is 11.3 Å². The van der Waals surface area contributed by atoms with Gasteiger partial charge in [0.25, 0.3) is 11.8 Å². The minimum Gasteiger partial charge on any atom is -0.367 e. The largest absolute Gasteiger partial charge is 0.367 e. The van der Waals surface area contributed by atoms with Crippen molar-refractivity contribution in [2.75, 3.05) is 32.5 Å². The zero-order valence-electron chi connectivity index (χ0n) is 18.7. The van der Waals surface area contributed by atoms with Crippen molar-refractivity contribution in [3.8, 4) is 10.6 Å². The zero-order valence-corrected chi connectivity index (χ0v) is 19.5. The minimum atomic E-state index is -0.563. The van der Waals surface area contributed by atoms with Crippen LogP contribution in [0.1, 0.15) is 28.1 Å². The van der Waals surface area contributed by atoms with E-state index in [1.54, 1.807) is 22.9 Å². The zero-order chi connectivity index (χ0) is 23.8. The van der Waals surface area contributed by atoms with Crippen LogP contribution >= 0.6 is 11.3 Å². The maximum Gasteiger partial charge on any atom is 0.326 e. The number of fused-ring (bicyclic) bond motifs is 1. The van der Waals surface area contributed by atoms with E-state index in [9.17, 15) is 14.4 Å². The Morgan fingerprint density at radius 1 is 1.29 bits per heavy atom. The van der Waals surface area contributed by atoms with E-state index >= 15 is 0 Å². The van der Waals surface area contributed by atoms with Gasteiger partial charge in [-0.2, -0.15) is 9.61 Å². The summed E-state index contributed by atoms with van der Waals surface area (Å²) in [6, 6.07) is 5.41. The Morgan fingerprint density at radius 3 is 2.82 bits per heavy atom. The van der Waals surface area contributed by atoms with Crippen LogP contribution in [0, 0.1) is 0 Å². The lowest BCUT2D eigenvalue weighted by Crippen LogP contribution is -2.30. The van der Waals surface area contributed by atoms with Gasteiger partial charge in [0.2, 0.25) is 0 Å². The fraction of sp³-hybridized carbons (Fsp3) is 0.318. The molecule has 1 saturated heterocycles. The lowest BCUT2D eigenvalue weighted by Gasteiger charge is -2.10. The van der Waals surface area contributed by atoms with Gasteiger partial charge in [-0.05, 0) is 45.1 Å². The molecule has 4 heterocycles. The first kappa shape index (κ1) is 22.0. The summed E-state index contributed by atoms with van der Waals surface area (Å²) in [4.78, 5) is 44.2. The predicted molar refractivity (Wildman–Crippen MR) is 128 cm³/mol. The molecular weight excluding hydrogens is 456 g/mol. The third-order valence-electron chi connectivity index (χ3n) is 5.37. The highest BCUT2D eigenvalue weighted by Gasteiger charge is 2.25. The van der Waals surface area contributed by atoms with Gasteiger partial charge in [0.1, 0.15) is 11.5 Å². The molecule has 2 fully saturated rings. The fourth-order valence-corrected chi connectivity index (χ4v) is 4.35. The van der Waals surface area contributed by atoms with Crippen molar-refractivity contribution in [3.63, 3.8) is 0 Å². The van der Waals surface area contributed by atoms with Gasteiger partial charge in [0, 0.05) is 30.8 Å². The molecule has 5 rings (SSSR count). The molecule has 4 N–H and O–H groups in total. The van der Waals surface area contributed by atoms with E-state index in [4.69, 9.17) is 4.98 Å². The van der Waals surface area contributed by atoms with Crippen LogP contribution in [0.3, 0.4) is 0 Å². The molecule has 0 spiro atoms. The number of carbonyl (C=O) groups is 3. The molecule has 2 aliphatic rings. The topological polar surface area (TPSA) is 133 Å². The molecule has 1 aliphatic heterocycles. The maximum absolute atomic E-state index is 12.5. The van der Waals surface area contributed by atoms with Gasteiger partial charge in [0.05, 0.1) is 21.6 Å². The van der Waals surface area contributed by atoms with Gasteiger partial charge >= 0.3 is 6.03 Å². The number of imide groups is 1. The summed E-state index contributed by atoms with van der Waals surface area (Å²) >= 11 is 1.36. The predicted octanol–water partition coefficient (Wildman–Crippen LogP) is 1.50. The lowest BCUT2D eigenvalue weighted by atomic mass is 10.2. The Labute approximate surface area is 199 Å². The SMILES string of the molecule is CN(C)CCNC(=O)c1ccc(-c2cc(NC3CC3)n3ncc(/C=C4\NC(=O)NC4=O)c3n2)s1. The van der Waals surface area contributed by atoms with Crippen LogP contribution < -0.4 is 21.3 Å². The van der Waals surface area contributed by atoms with Crippen molar-refractivity contribution in [3.05, 3.63) is 40.5 Å². The number of hydrogen-bond donors (Lipinski definition) is 4. The molecule has 0 aromatic carbocycles. The minimum absolute atomic E-state index is 0.117. The smallest absolute Gasteiger partial charge is 0.326 e. The molecule has 0 atom stereocenters. The second-order valence-corrected chi connectivity index (χ2v) is 9.55. The van der Waals surface area contributed by atoms with Crippen LogP contribution in [0.4, 0.5) is 10.6 Å². The summed E-state index contributed by atoms with van der Waals surface area (Å²) in [6.45, 7) is 1.33. The second-order valence-electron chi connectivity index (χ2n) is 8.47. The Bertz CT molecular complexity index is 1320. The number of amides is 4. The highest BCUT2D eigenvalue weighted by Crippen LogP contribution is 2.32. The molecule has 3 aromatic rings. The molecule has 0 bridgehead atoms. The molecule has 0 radical (unpaired) electrons. The number of likely N-dealkylation sites (N-methyl/N-ethyl adjacent to an activating group) is 1. The van der Waals surface area contributed by atoms with E-state index in [0.29, 0.717) is 34.4 Å². The second kappa shape index (κ2) is 8.88. The molecule has 34 heavy (non-hydrogen) atoms. The van der Waals surface area contributed by atoms with E-state index in [-0.39, 0.29) is 11.6 Å². The molecule has 1 aliphatic carbocycles. The van der Waals surface area contributed by atoms with E-state index < -0.39 is 11.9 Å². The van der Waals surface area contributed by atoms with Crippen LogP contribution in [0.2, 0.25) is 0 Å². The molecule has 3 aromatic heterocycles. The summed E-state index contributed by atoms with van der Waals surface area (Å²) in [5.74, 6) is 0.158. The number of nitrogens with zero attached hydrogens (tertiary/aromatic N) is 4. The number of hydrogen-bond acceptors (Lipinski definition) is 8. The summed E-state index contributed by atoms with van der Waals surface area (Å²) in [5, 5.41) is 15.5. The van der Waals surface area contributed by atoms with Gasteiger partial charge in [-0.25, -0.2) is 9.78 Å². The Morgan fingerprint density at radius 2 is 2.12 bits per heavy atom. The standard InChI is InChI=1S/C22H24N8O3S/c1-29(2)8-7-23-21(32)17-6-5-16(34-17)14-10-18(25-13-3-4-13)30-19(26-14)12(11-24-30)9-15-20(31)28-22(33)27-15/h5-6,9-11,13,25H,3-4,7-8H2,1-2H3,(H,23,32)(H2,27,28,31,33)/b15-9-. The van der Waals surface area contributed by atoms with E-state index in [1.165, 1.54) is 11.3 Å². The van der Waals surface area contributed by atoms with Gasteiger partial charge in [-0.3, -0.25) is 14.9 Å². The number of aromatic nitrogens is 3. The molecule has 12 heteroatoms. The van der Waals surface area contributed by atoms with E-state index in [2.05, 4.69) is 26.4 Å². The van der Waals surface area contributed by atoms with Crippen LogP contribution in [-0.4, -0.2) is 70.6 Å². The molecule has 176 valence electrons. The first-order valence-electron chi connectivity index (χ1n) is 10.9. The summed E-state index contributed by atoms with van der Waals surface area (Å²) in [6.07, 6.45) is 5.32. The lowest BCUT2D eigenvalue weighted by molar-refractivity contribution is -0.115. The van der Waals surface area contributed by atoms with E-state index in [0.717, 1.165) is 30.1 Å². The van der Waals surface area contributed by atoms with Crippen LogP contribution in [0.25, 0.3) is 22.3 Å². The molecular formula is C22H24N8O3S. The highest BCUT2D eigenvalue weighted by molar-refractivity contribution is 7.17. The van der Waals surface area contributed by atoms with Gasteiger partial charge < -0.3 is 20.9 Å². The third kappa shape index (κ3) is 4.63. The number of thiophene rings is 1. The third-order valence-corrected chi connectivity index (χ3v) is 6.48. The van der Waals surface area contributed by atoms with Crippen molar-refractivity contribution in [2.45, 2.75) is 18.9 Å². The number of anilines is 1. The van der Waals surface area contributed by atoms with Crippen LogP contribution in [-0.2, 0) is 4.79 Å². The van der Waals surface area contributed by atoms with Gasteiger partial charge in [0.15, 0.2) is 5.65 Å². The number of carbonyl (C=O) groups excluding carboxylic acids is 3. The normalized spacial score (nSPS) is 16.9. The molecule has 0 unspecified atom stereocenters.